The van der Waals surface area contributed by atoms with Crippen LogP contribution in [0.1, 0.15) is 16.2 Å². The Morgan fingerprint density at radius 2 is 2.50 bits per heavy atom. The summed E-state index contributed by atoms with van der Waals surface area (Å²) >= 11 is 1.60. The Hall–Kier alpha value is -1.36. The number of rotatable bonds is 2. The van der Waals surface area contributed by atoms with E-state index in [0.29, 0.717) is 6.42 Å². The molecule has 4 nitrogen and oxygen atoms in total. The molecule has 74 valence electrons. The molecule has 2 heterocycles. The molecule has 5 heteroatoms. The average Bonchev–Trinajstić information content (AvgIpc) is 2.70. The first kappa shape index (κ1) is 9.21. The SMILES string of the molecule is Cc1ccc(C2=NOC(C(=O)O)C2)s1. The smallest absolute Gasteiger partial charge is 0.348 e. The first-order chi connectivity index (χ1) is 6.66. The van der Waals surface area contributed by atoms with Gasteiger partial charge in [0.15, 0.2) is 0 Å². The van der Waals surface area contributed by atoms with Gasteiger partial charge in [-0.2, -0.15) is 0 Å². The van der Waals surface area contributed by atoms with Gasteiger partial charge in [0, 0.05) is 11.3 Å². The Kier molecular flexibility index (Phi) is 2.25. The second-order valence-corrected chi connectivity index (χ2v) is 4.37. The standard InChI is InChI=1S/C9H9NO3S/c1-5-2-3-8(14-5)6-4-7(9(11)12)13-10-6/h2-3,7H,4H2,1H3,(H,11,12). The van der Waals surface area contributed by atoms with Crippen molar-refractivity contribution in [3.05, 3.63) is 21.9 Å². The zero-order valence-electron chi connectivity index (χ0n) is 7.56. The molecule has 0 saturated heterocycles. The molecule has 1 N–H and O–H groups in total. The Balaban J connectivity index is 2.12. The highest BCUT2D eigenvalue weighted by atomic mass is 32.1. The van der Waals surface area contributed by atoms with Gasteiger partial charge in [0.25, 0.3) is 0 Å². The van der Waals surface area contributed by atoms with Gasteiger partial charge >= 0.3 is 5.97 Å². The van der Waals surface area contributed by atoms with Crippen LogP contribution in [0.5, 0.6) is 0 Å². The molecule has 1 aromatic heterocycles. The Morgan fingerprint density at radius 1 is 1.71 bits per heavy atom. The summed E-state index contributed by atoms with van der Waals surface area (Å²) in [5.74, 6) is -0.961. The van der Waals surface area contributed by atoms with Gasteiger partial charge in [0.05, 0.1) is 4.88 Å². The van der Waals surface area contributed by atoms with E-state index in [9.17, 15) is 4.79 Å². The lowest BCUT2D eigenvalue weighted by molar-refractivity contribution is -0.148. The van der Waals surface area contributed by atoms with Crippen molar-refractivity contribution in [3.8, 4) is 0 Å². The topological polar surface area (TPSA) is 58.9 Å². The summed E-state index contributed by atoms with van der Waals surface area (Å²) < 4.78 is 0. The highest BCUT2D eigenvalue weighted by Crippen LogP contribution is 2.22. The Morgan fingerprint density at radius 3 is 3.00 bits per heavy atom. The lowest BCUT2D eigenvalue weighted by Crippen LogP contribution is -2.19. The van der Waals surface area contributed by atoms with E-state index in [0.717, 1.165) is 10.6 Å². The average molecular weight is 211 g/mol. The minimum atomic E-state index is -0.961. The number of oxime groups is 1. The van der Waals surface area contributed by atoms with Crippen LogP contribution in [-0.4, -0.2) is 22.9 Å². The fraction of sp³-hybridized carbons (Fsp3) is 0.333. The number of aliphatic carboxylic acids is 1. The molecule has 1 aliphatic rings. The van der Waals surface area contributed by atoms with Crippen molar-refractivity contribution in [2.75, 3.05) is 0 Å². The summed E-state index contributed by atoms with van der Waals surface area (Å²) in [6.07, 6.45) is -0.456. The van der Waals surface area contributed by atoms with Gasteiger partial charge < -0.3 is 9.94 Å². The molecule has 14 heavy (non-hydrogen) atoms. The molecule has 0 aromatic carbocycles. The zero-order valence-corrected chi connectivity index (χ0v) is 8.37. The molecule has 1 atom stereocenters. The summed E-state index contributed by atoms with van der Waals surface area (Å²) in [4.78, 5) is 17.5. The first-order valence-electron chi connectivity index (χ1n) is 4.19. The molecule has 0 aliphatic carbocycles. The number of carboxylic acid groups (broad SMARTS) is 1. The van der Waals surface area contributed by atoms with Gasteiger partial charge in [-0.25, -0.2) is 4.79 Å². The second kappa shape index (κ2) is 3.42. The maximum Gasteiger partial charge on any atom is 0.348 e. The van der Waals surface area contributed by atoms with E-state index in [1.165, 1.54) is 4.88 Å². The summed E-state index contributed by atoms with van der Waals surface area (Å²) in [6, 6.07) is 3.92. The van der Waals surface area contributed by atoms with Crippen LogP contribution in [0.2, 0.25) is 0 Å². The summed E-state index contributed by atoms with van der Waals surface area (Å²) in [5, 5.41) is 12.5. The summed E-state index contributed by atoms with van der Waals surface area (Å²) in [6.45, 7) is 2.00. The highest BCUT2D eigenvalue weighted by Gasteiger charge is 2.28. The van der Waals surface area contributed by atoms with Gasteiger partial charge in [-0.3, -0.25) is 0 Å². The molecule has 0 amide bonds. The molecular formula is C9H9NO3S. The lowest BCUT2D eigenvalue weighted by Gasteiger charge is -1.98. The Bertz CT molecular complexity index is 397. The fourth-order valence-corrected chi connectivity index (χ4v) is 2.10. The van der Waals surface area contributed by atoms with E-state index in [4.69, 9.17) is 9.94 Å². The fourth-order valence-electron chi connectivity index (χ4n) is 1.24. The first-order valence-corrected chi connectivity index (χ1v) is 5.01. The van der Waals surface area contributed by atoms with Gasteiger partial charge in [-0.05, 0) is 19.1 Å². The van der Waals surface area contributed by atoms with Crippen LogP contribution >= 0.6 is 11.3 Å². The molecule has 0 spiro atoms. The van der Waals surface area contributed by atoms with Crippen LogP contribution in [0.3, 0.4) is 0 Å². The summed E-state index contributed by atoms with van der Waals surface area (Å²) in [5.41, 5.74) is 0.732. The lowest BCUT2D eigenvalue weighted by atomic mass is 10.1. The monoisotopic (exact) mass is 211 g/mol. The third kappa shape index (κ3) is 1.63. The van der Waals surface area contributed by atoms with E-state index in [1.807, 2.05) is 19.1 Å². The van der Waals surface area contributed by atoms with Crippen LogP contribution in [0.4, 0.5) is 0 Å². The number of nitrogens with zero attached hydrogens (tertiary/aromatic N) is 1. The van der Waals surface area contributed by atoms with E-state index >= 15 is 0 Å². The predicted molar refractivity (Wildman–Crippen MR) is 52.7 cm³/mol. The second-order valence-electron chi connectivity index (χ2n) is 3.08. The van der Waals surface area contributed by atoms with E-state index in [2.05, 4.69) is 5.16 Å². The number of hydrogen-bond donors (Lipinski definition) is 1. The molecule has 1 aliphatic heterocycles. The molecular weight excluding hydrogens is 202 g/mol. The minimum Gasteiger partial charge on any atom is -0.478 e. The van der Waals surface area contributed by atoms with Gasteiger partial charge in [0.1, 0.15) is 5.71 Å². The maximum atomic E-state index is 10.6. The molecule has 0 bridgehead atoms. The van der Waals surface area contributed by atoms with Crippen molar-refractivity contribution in [3.63, 3.8) is 0 Å². The Labute approximate surface area is 84.8 Å². The molecule has 0 radical (unpaired) electrons. The maximum absolute atomic E-state index is 10.6. The predicted octanol–water partition coefficient (Wildman–Crippen LogP) is 1.63. The van der Waals surface area contributed by atoms with Gasteiger partial charge in [-0.1, -0.05) is 5.16 Å². The van der Waals surface area contributed by atoms with Crippen LogP contribution in [-0.2, 0) is 9.63 Å². The normalized spacial score (nSPS) is 20.4. The summed E-state index contributed by atoms with van der Waals surface area (Å²) in [7, 11) is 0. The van der Waals surface area contributed by atoms with Crippen molar-refractivity contribution in [1.82, 2.24) is 0 Å². The molecule has 0 fully saturated rings. The van der Waals surface area contributed by atoms with Crippen molar-refractivity contribution in [2.45, 2.75) is 19.4 Å². The zero-order chi connectivity index (χ0) is 10.1. The third-order valence-electron chi connectivity index (χ3n) is 1.97. The van der Waals surface area contributed by atoms with E-state index < -0.39 is 12.1 Å². The number of carboxylic acids is 1. The number of hydrogen-bond acceptors (Lipinski definition) is 4. The molecule has 1 aromatic rings. The van der Waals surface area contributed by atoms with Gasteiger partial charge in [-0.15, -0.1) is 11.3 Å². The molecule has 1 unspecified atom stereocenters. The quantitative estimate of drug-likeness (QED) is 0.808. The third-order valence-corrected chi connectivity index (χ3v) is 3.02. The van der Waals surface area contributed by atoms with Gasteiger partial charge in [0.2, 0.25) is 6.10 Å². The number of thiophene rings is 1. The minimum absolute atomic E-state index is 0.356. The van der Waals surface area contributed by atoms with Crippen molar-refractivity contribution in [1.29, 1.82) is 0 Å². The number of aryl methyl sites for hydroxylation is 1. The van der Waals surface area contributed by atoms with Crippen molar-refractivity contribution in [2.24, 2.45) is 5.16 Å². The molecule has 2 rings (SSSR count). The van der Waals surface area contributed by atoms with Crippen LogP contribution in [0.25, 0.3) is 0 Å². The largest absolute Gasteiger partial charge is 0.478 e. The van der Waals surface area contributed by atoms with E-state index in [1.54, 1.807) is 11.3 Å². The highest BCUT2D eigenvalue weighted by molar-refractivity contribution is 7.14. The van der Waals surface area contributed by atoms with E-state index in [-0.39, 0.29) is 0 Å². The number of carbonyl (C=O) groups is 1. The van der Waals surface area contributed by atoms with Crippen molar-refractivity contribution >= 4 is 23.0 Å². The van der Waals surface area contributed by atoms with Crippen molar-refractivity contribution < 1.29 is 14.7 Å². The van der Waals surface area contributed by atoms with Crippen LogP contribution in [0.15, 0.2) is 17.3 Å². The molecule has 0 saturated carbocycles. The van der Waals surface area contributed by atoms with Crippen LogP contribution < -0.4 is 0 Å². The van der Waals surface area contributed by atoms with Crippen LogP contribution in [0, 0.1) is 6.92 Å².